The Hall–Kier alpha value is -3.23. The molecule has 26 heavy (non-hydrogen) atoms. The number of nitrogens with zero attached hydrogens (tertiary/aromatic N) is 3. The van der Waals surface area contributed by atoms with Crippen molar-refractivity contribution in [3.8, 4) is 11.5 Å². The summed E-state index contributed by atoms with van der Waals surface area (Å²) in [4.78, 5) is 16.7. The number of benzene rings is 1. The van der Waals surface area contributed by atoms with Crippen LogP contribution in [0.5, 0.6) is 11.5 Å². The zero-order chi connectivity index (χ0) is 18.8. The molecule has 3 aromatic rings. The summed E-state index contributed by atoms with van der Waals surface area (Å²) in [5, 5.41) is 7.64. The lowest BCUT2D eigenvalue weighted by molar-refractivity contribution is -0.0511. The molecule has 0 bridgehead atoms. The van der Waals surface area contributed by atoms with Crippen molar-refractivity contribution in [2.45, 2.75) is 13.5 Å². The largest absolute Gasteiger partial charge is 0.493 e. The second-order valence-corrected chi connectivity index (χ2v) is 5.50. The van der Waals surface area contributed by atoms with Crippen molar-refractivity contribution >= 4 is 22.6 Å². The number of halogens is 2. The number of carbonyl (C=O) groups excluding carboxylic acids is 1. The minimum Gasteiger partial charge on any atom is -0.493 e. The molecule has 1 amide bonds. The molecule has 0 aliphatic heterocycles. The van der Waals surface area contributed by atoms with E-state index < -0.39 is 12.5 Å². The molecular formula is C17H16F2N4O3. The molecule has 0 aliphatic rings. The van der Waals surface area contributed by atoms with E-state index >= 15 is 0 Å². The summed E-state index contributed by atoms with van der Waals surface area (Å²) in [6, 6.07) is 5.90. The van der Waals surface area contributed by atoms with Gasteiger partial charge in [-0.25, -0.2) is 4.98 Å². The molecule has 0 radical (unpaired) electrons. The Labute approximate surface area is 147 Å². The average molecular weight is 362 g/mol. The molecule has 0 atom stereocenters. The van der Waals surface area contributed by atoms with Gasteiger partial charge >= 0.3 is 6.61 Å². The number of alkyl halides is 2. The van der Waals surface area contributed by atoms with Gasteiger partial charge in [0.2, 0.25) is 0 Å². The van der Waals surface area contributed by atoms with E-state index in [2.05, 4.69) is 20.1 Å². The molecule has 3 rings (SSSR count). The molecule has 0 aliphatic carbocycles. The van der Waals surface area contributed by atoms with Crippen molar-refractivity contribution < 1.29 is 23.0 Å². The molecule has 2 heterocycles. The quantitative estimate of drug-likeness (QED) is 0.754. The fraction of sp³-hybridized carbons (Fsp3) is 0.235. The monoisotopic (exact) mass is 362 g/mol. The van der Waals surface area contributed by atoms with Crippen LogP contribution in [0.4, 0.5) is 14.5 Å². The smallest absolute Gasteiger partial charge is 0.387 e. The third-order valence-electron chi connectivity index (χ3n) is 3.76. The third kappa shape index (κ3) is 3.41. The van der Waals surface area contributed by atoms with Crippen molar-refractivity contribution in [2.75, 3.05) is 12.4 Å². The molecule has 9 heteroatoms. The maximum atomic E-state index is 12.5. The van der Waals surface area contributed by atoms with E-state index in [0.717, 1.165) is 11.1 Å². The maximum absolute atomic E-state index is 12.5. The van der Waals surface area contributed by atoms with Gasteiger partial charge in [0.05, 0.1) is 18.4 Å². The van der Waals surface area contributed by atoms with Crippen LogP contribution in [0.15, 0.2) is 30.5 Å². The fourth-order valence-corrected chi connectivity index (χ4v) is 2.58. The van der Waals surface area contributed by atoms with Crippen LogP contribution in [0, 0.1) is 6.92 Å². The van der Waals surface area contributed by atoms with Crippen LogP contribution in [0.25, 0.3) is 11.0 Å². The number of aryl methyl sites for hydroxylation is 2. The van der Waals surface area contributed by atoms with E-state index in [0.29, 0.717) is 11.2 Å². The number of fused-ring (bicyclic) bond motifs is 1. The number of anilines is 1. The highest BCUT2D eigenvalue weighted by molar-refractivity contribution is 6.05. The van der Waals surface area contributed by atoms with Gasteiger partial charge in [0.25, 0.3) is 5.91 Å². The number of aromatic nitrogens is 3. The van der Waals surface area contributed by atoms with Crippen LogP contribution in [-0.4, -0.2) is 34.4 Å². The van der Waals surface area contributed by atoms with Gasteiger partial charge in [-0.05, 0) is 25.1 Å². The summed E-state index contributed by atoms with van der Waals surface area (Å²) in [5.41, 5.74) is 2.02. The minimum atomic E-state index is -3.00. The highest BCUT2D eigenvalue weighted by Gasteiger charge is 2.15. The van der Waals surface area contributed by atoms with Gasteiger partial charge < -0.3 is 14.8 Å². The van der Waals surface area contributed by atoms with Crippen molar-refractivity contribution in [3.63, 3.8) is 0 Å². The third-order valence-corrected chi connectivity index (χ3v) is 3.76. The molecular weight excluding hydrogens is 346 g/mol. The first kappa shape index (κ1) is 17.6. The minimum absolute atomic E-state index is 0.136. The maximum Gasteiger partial charge on any atom is 0.387 e. The predicted molar refractivity (Wildman–Crippen MR) is 90.8 cm³/mol. The summed E-state index contributed by atoms with van der Waals surface area (Å²) < 4.78 is 36.0. The van der Waals surface area contributed by atoms with Crippen molar-refractivity contribution in [1.82, 2.24) is 14.8 Å². The first-order valence-corrected chi connectivity index (χ1v) is 7.62. The highest BCUT2D eigenvalue weighted by Crippen LogP contribution is 2.31. The highest BCUT2D eigenvalue weighted by atomic mass is 19.3. The molecule has 0 saturated carbocycles. The summed E-state index contributed by atoms with van der Waals surface area (Å²) >= 11 is 0. The Morgan fingerprint density at radius 2 is 2.04 bits per heavy atom. The second kappa shape index (κ2) is 6.95. The first-order chi connectivity index (χ1) is 12.4. The molecule has 7 nitrogen and oxygen atoms in total. The Balaban J connectivity index is 1.86. The standard InChI is InChI=1S/C17H16F2N4O3/c1-9-12-6-10(8-20-15(12)23(2)22-9)16(24)21-11-4-5-13(25-3)14(7-11)26-17(18)19/h4-8,17H,1-3H3,(H,21,24). The molecule has 1 aromatic carbocycles. The average Bonchev–Trinajstić information content (AvgIpc) is 2.88. The number of hydrogen-bond acceptors (Lipinski definition) is 5. The summed E-state index contributed by atoms with van der Waals surface area (Å²) in [6.07, 6.45) is 1.43. The number of hydrogen-bond donors (Lipinski definition) is 1. The van der Waals surface area contributed by atoms with Gasteiger partial charge in [0.1, 0.15) is 0 Å². The number of ether oxygens (including phenoxy) is 2. The van der Waals surface area contributed by atoms with Gasteiger partial charge in [-0.15, -0.1) is 0 Å². The molecule has 0 fully saturated rings. The van der Waals surface area contributed by atoms with E-state index in [-0.39, 0.29) is 17.2 Å². The topological polar surface area (TPSA) is 78.3 Å². The first-order valence-electron chi connectivity index (χ1n) is 7.62. The molecule has 0 unspecified atom stereocenters. The van der Waals surface area contributed by atoms with Crippen molar-refractivity contribution in [1.29, 1.82) is 0 Å². The lowest BCUT2D eigenvalue weighted by Crippen LogP contribution is -2.13. The predicted octanol–water partition coefficient (Wildman–Crippen LogP) is 3.14. The number of rotatable bonds is 5. The second-order valence-electron chi connectivity index (χ2n) is 5.50. The number of methoxy groups -OCH3 is 1. The van der Waals surface area contributed by atoms with E-state index in [9.17, 15) is 13.6 Å². The zero-order valence-electron chi connectivity index (χ0n) is 14.3. The van der Waals surface area contributed by atoms with Crippen LogP contribution < -0.4 is 14.8 Å². The Morgan fingerprint density at radius 3 is 2.73 bits per heavy atom. The normalized spacial score (nSPS) is 11.0. The van der Waals surface area contributed by atoms with Gasteiger partial charge in [0.15, 0.2) is 17.1 Å². The molecule has 0 spiro atoms. The fourth-order valence-electron chi connectivity index (χ4n) is 2.58. The van der Waals surface area contributed by atoms with E-state index in [1.54, 1.807) is 17.8 Å². The number of pyridine rings is 1. The Kier molecular flexibility index (Phi) is 4.70. The van der Waals surface area contributed by atoms with E-state index in [1.165, 1.54) is 31.5 Å². The zero-order valence-corrected chi connectivity index (χ0v) is 14.3. The molecule has 1 N–H and O–H groups in total. The van der Waals surface area contributed by atoms with Gasteiger partial charge in [0, 0.05) is 30.4 Å². The van der Waals surface area contributed by atoms with E-state index in [4.69, 9.17) is 4.74 Å². The summed E-state index contributed by atoms with van der Waals surface area (Å²) in [7, 11) is 3.10. The van der Waals surface area contributed by atoms with Crippen molar-refractivity contribution in [2.24, 2.45) is 7.05 Å². The van der Waals surface area contributed by atoms with Crippen LogP contribution >= 0.6 is 0 Å². The number of nitrogens with one attached hydrogen (secondary N) is 1. The number of amides is 1. The van der Waals surface area contributed by atoms with Gasteiger partial charge in [-0.3, -0.25) is 9.48 Å². The van der Waals surface area contributed by atoms with Gasteiger partial charge in [-0.2, -0.15) is 13.9 Å². The summed E-state index contributed by atoms with van der Waals surface area (Å²) in [6.45, 7) is -1.18. The molecule has 2 aromatic heterocycles. The number of carbonyl (C=O) groups is 1. The SMILES string of the molecule is COc1ccc(NC(=O)c2cnc3c(c2)c(C)nn3C)cc1OC(F)F. The Morgan fingerprint density at radius 1 is 1.27 bits per heavy atom. The summed E-state index contributed by atoms with van der Waals surface area (Å²) in [5.74, 6) is -0.467. The van der Waals surface area contributed by atoms with Crippen LogP contribution in [-0.2, 0) is 7.05 Å². The lowest BCUT2D eigenvalue weighted by atomic mass is 10.2. The molecule has 0 saturated heterocycles. The van der Waals surface area contributed by atoms with Crippen LogP contribution in [0.3, 0.4) is 0 Å². The van der Waals surface area contributed by atoms with Crippen LogP contribution in [0.2, 0.25) is 0 Å². The Bertz CT molecular complexity index is 972. The van der Waals surface area contributed by atoms with E-state index in [1.807, 2.05) is 6.92 Å². The van der Waals surface area contributed by atoms with Gasteiger partial charge in [-0.1, -0.05) is 0 Å². The molecule has 136 valence electrons. The van der Waals surface area contributed by atoms with Crippen LogP contribution in [0.1, 0.15) is 16.1 Å². The van der Waals surface area contributed by atoms with Crippen molar-refractivity contribution in [3.05, 3.63) is 41.7 Å². The lowest BCUT2D eigenvalue weighted by Gasteiger charge is -2.12.